The van der Waals surface area contributed by atoms with Gasteiger partial charge in [0.2, 0.25) is 0 Å². The third-order valence-corrected chi connectivity index (χ3v) is 4.74. The molecule has 0 unspecified atom stereocenters. The zero-order valence-corrected chi connectivity index (χ0v) is 14.1. The molecule has 2 aliphatic heterocycles. The Hall–Kier alpha value is -2.77. The molecule has 8 nitrogen and oxygen atoms in total. The van der Waals surface area contributed by atoms with Gasteiger partial charge in [-0.15, -0.1) is 0 Å². The van der Waals surface area contributed by atoms with Crippen LogP contribution in [0.15, 0.2) is 35.3 Å². The molecule has 0 aromatic carbocycles. The minimum Gasteiger partial charge on any atom is -0.454 e. The van der Waals surface area contributed by atoms with Gasteiger partial charge >= 0.3 is 6.09 Å². The monoisotopic (exact) mass is 344 g/mol. The highest BCUT2D eigenvalue weighted by molar-refractivity contribution is 5.91. The maximum atomic E-state index is 12.8. The number of rotatable bonds is 3. The van der Waals surface area contributed by atoms with E-state index in [-0.39, 0.29) is 12.0 Å². The van der Waals surface area contributed by atoms with E-state index in [0.29, 0.717) is 37.7 Å². The molecule has 25 heavy (non-hydrogen) atoms. The van der Waals surface area contributed by atoms with Crippen molar-refractivity contribution >= 4 is 12.0 Å². The number of carbonyl (C=O) groups excluding carboxylic acids is 2. The van der Waals surface area contributed by atoms with Crippen LogP contribution in [0.5, 0.6) is 0 Å². The van der Waals surface area contributed by atoms with E-state index in [1.165, 1.54) is 0 Å². The Morgan fingerprint density at radius 2 is 2.24 bits per heavy atom. The summed E-state index contributed by atoms with van der Waals surface area (Å²) < 4.78 is 13.1. The highest BCUT2D eigenvalue weighted by Gasteiger charge is 2.47. The normalized spacial score (nSPS) is 23.3. The summed E-state index contributed by atoms with van der Waals surface area (Å²) in [6.45, 7) is 2.08. The molecule has 2 fully saturated rings. The fraction of sp³-hybridized carbons (Fsp3) is 0.471. The first kappa shape index (κ1) is 15.7. The van der Waals surface area contributed by atoms with Crippen molar-refractivity contribution in [1.82, 2.24) is 19.4 Å². The van der Waals surface area contributed by atoms with Crippen molar-refractivity contribution in [3.63, 3.8) is 0 Å². The van der Waals surface area contributed by atoms with Gasteiger partial charge in [0.05, 0.1) is 26.0 Å². The smallest absolute Gasteiger partial charge is 0.410 e. The molecule has 0 saturated carbocycles. The molecule has 8 heteroatoms. The zero-order valence-electron chi connectivity index (χ0n) is 14.1. The fourth-order valence-electron chi connectivity index (χ4n) is 3.57. The third kappa shape index (κ3) is 2.99. The number of ether oxygens (including phenoxy) is 1. The van der Waals surface area contributed by atoms with Gasteiger partial charge in [-0.2, -0.15) is 0 Å². The van der Waals surface area contributed by atoms with Crippen molar-refractivity contribution in [2.45, 2.75) is 25.0 Å². The van der Waals surface area contributed by atoms with Gasteiger partial charge in [-0.05, 0) is 25.0 Å². The van der Waals surface area contributed by atoms with Crippen molar-refractivity contribution in [3.8, 4) is 0 Å². The summed E-state index contributed by atoms with van der Waals surface area (Å²) in [6.07, 6.45) is 6.48. The highest BCUT2D eigenvalue weighted by atomic mass is 16.6. The molecule has 0 bridgehead atoms. The van der Waals surface area contributed by atoms with E-state index < -0.39 is 5.60 Å². The number of likely N-dealkylation sites (tertiary alicyclic amines) is 1. The number of imidazole rings is 1. The second-order valence-corrected chi connectivity index (χ2v) is 6.74. The van der Waals surface area contributed by atoms with Crippen molar-refractivity contribution < 1.29 is 18.7 Å². The van der Waals surface area contributed by atoms with E-state index in [1.807, 2.05) is 10.8 Å². The zero-order chi connectivity index (χ0) is 17.4. The summed E-state index contributed by atoms with van der Waals surface area (Å²) in [7, 11) is 1.72. The maximum Gasteiger partial charge on any atom is 0.410 e. The molecule has 2 amide bonds. The summed E-state index contributed by atoms with van der Waals surface area (Å²) in [4.78, 5) is 31.8. The van der Waals surface area contributed by atoms with E-state index in [2.05, 4.69) is 4.98 Å². The summed E-state index contributed by atoms with van der Waals surface area (Å²) in [6, 6.07) is 3.50. The predicted octanol–water partition coefficient (Wildman–Crippen LogP) is 1.58. The lowest BCUT2D eigenvalue weighted by Crippen LogP contribution is -2.52. The van der Waals surface area contributed by atoms with Crippen LogP contribution in [0.25, 0.3) is 0 Å². The van der Waals surface area contributed by atoms with Gasteiger partial charge in [0.1, 0.15) is 11.4 Å². The number of nitrogens with zero attached hydrogens (tertiary/aromatic N) is 4. The average Bonchev–Trinajstić information content (AvgIpc) is 3.31. The van der Waals surface area contributed by atoms with E-state index in [1.54, 1.807) is 41.5 Å². The molecule has 2 saturated heterocycles. The quantitative estimate of drug-likeness (QED) is 0.844. The summed E-state index contributed by atoms with van der Waals surface area (Å²) in [5.41, 5.74) is -0.591. The number of hydrogen-bond donors (Lipinski definition) is 0. The van der Waals surface area contributed by atoms with Crippen LogP contribution in [-0.4, -0.2) is 63.6 Å². The minimum absolute atomic E-state index is 0.165. The van der Waals surface area contributed by atoms with Crippen LogP contribution in [0, 0.1) is 0 Å². The first-order valence-corrected chi connectivity index (χ1v) is 8.33. The van der Waals surface area contributed by atoms with Gasteiger partial charge in [-0.1, -0.05) is 0 Å². The molecule has 0 aliphatic carbocycles. The first-order chi connectivity index (χ1) is 12.0. The number of amides is 2. The molecule has 2 aromatic rings. The maximum absolute atomic E-state index is 12.8. The predicted molar refractivity (Wildman–Crippen MR) is 87.0 cm³/mol. The second-order valence-electron chi connectivity index (χ2n) is 6.74. The van der Waals surface area contributed by atoms with Crippen molar-refractivity contribution in [3.05, 3.63) is 42.4 Å². The van der Waals surface area contributed by atoms with Gasteiger partial charge in [-0.3, -0.25) is 4.79 Å². The molecule has 2 aromatic heterocycles. The molecule has 2 aliphatic rings. The molecule has 0 N–H and O–H groups in total. The van der Waals surface area contributed by atoms with E-state index in [9.17, 15) is 9.59 Å². The van der Waals surface area contributed by atoms with E-state index in [0.717, 1.165) is 12.8 Å². The summed E-state index contributed by atoms with van der Waals surface area (Å²) >= 11 is 0. The van der Waals surface area contributed by atoms with Crippen LogP contribution in [0.3, 0.4) is 0 Å². The number of furan rings is 1. The van der Waals surface area contributed by atoms with Crippen LogP contribution in [0.1, 0.15) is 29.2 Å². The molecule has 1 atom stereocenters. The Morgan fingerprint density at radius 1 is 1.36 bits per heavy atom. The van der Waals surface area contributed by atoms with Gasteiger partial charge in [0, 0.05) is 26.0 Å². The van der Waals surface area contributed by atoms with Crippen molar-refractivity contribution in [2.24, 2.45) is 0 Å². The van der Waals surface area contributed by atoms with Crippen molar-refractivity contribution in [1.29, 1.82) is 0 Å². The number of piperidine rings is 1. The molecular formula is C17H20N4O4. The molecule has 0 radical (unpaired) electrons. The lowest BCUT2D eigenvalue weighted by Gasteiger charge is -2.37. The Bertz CT molecular complexity index is 784. The molecule has 132 valence electrons. The average molecular weight is 344 g/mol. The summed E-state index contributed by atoms with van der Waals surface area (Å²) in [5.74, 6) is 0.839. The van der Waals surface area contributed by atoms with Gasteiger partial charge in [0.15, 0.2) is 5.76 Å². The Labute approximate surface area is 145 Å². The lowest BCUT2D eigenvalue weighted by atomic mass is 9.92. The van der Waals surface area contributed by atoms with Crippen LogP contribution in [0.4, 0.5) is 4.79 Å². The Morgan fingerprint density at radius 3 is 2.96 bits per heavy atom. The van der Waals surface area contributed by atoms with Crippen LogP contribution >= 0.6 is 0 Å². The number of aromatic nitrogens is 2. The third-order valence-electron chi connectivity index (χ3n) is 4.74. The molecule has 4 rings (SSSR count). The van der Waals surface area contributed by atoms with Crippen molar-refractivity contribution in [2.75, 3.05) is 26.7 Å². The van der Waals surface area contributed by atoms with Crippen LogP contribution in [-0.2, 0) is 11.3 Å². The van der Waals surface area contributed by atoms with Gasteiger partial charge < -0.3 is 23.5 Å². The van der Waals surface area contributed by atoms with Gasteiger partial charge in [0.25, 0.3) is 5.91 Å². The van der Waals surface area contributed by atoms with Crippen LogP contribution < -0.4 is 0 Å². The largest absolute Gasteiger partial charge is 0.454 e. The molecule has 4 heterocycles. The van der Waals surface area contributed by atoms with Gasteiger partial charge in [-0.25, -0.2) is 9.78 Å². The number of hydrogen-bond acceptors (Lipinski definition) is 5. The topological polar surface area (TPSA) is 80.8 Å². The van der Waals surface area contributed by atoms with E-state index in [4.69, 9.17) is 9.15 Å². The first-order valence-electron chi connectivity index (χ1n) is 8.33. The molecular weight excluding hydrogens is 324 g/mol. The number of likely N-dealkylation sites (N-methyl/N-ethyl adjacent to an activating group) is 1. The standard InChI is InChI=1S/C17H20N4O4/c1-19-10-17(25-16(19)23)5-2-7-21(11-17)15(22)14-4-3-13(24-14)9-20-8-6-18-12-20/h3-4,6,8,12H,2,5,7,9-11H2,1H3/t17-/m0/s1. The lowest BCUT2D eigenvalue weighted by molar-refractivity contribution is -0.00625. The minimum atomic E-state index is -0.591. The Kier molecular flexibility index (Phi) is 3.74. The highest BCUT2D eigenvalue weighted by Crippen LogP contribution is 2.32. The van der Waals surface area contributed by atoms with Crippen LogP contribution in [0.2, 0.25) is 0 Å². The SMILES string of the molecule is CN1C[C@]2(CCCN(C(=O)c3ccc(Cn4ccnc4)o3)C2)OC1=O. The van der Waals surface area contributed by atoms with E-state index >= 15 is 0 Å². The summed E-state index contributed by atoms with van der Waals surface area (Å²) in [5, 5.41) is 0. The Balaban J connectivity index is 1.46. The fourth-order valence-corrected chi connectivity index (χ4v) is 3.57. The second kappa shape index (κ2) is 5.94. The number of carbonyl (C=O) groups is 2. The molecule has 1 spiro atoms.